The second-order valence-electron chi connectivity index (χ2n) is 6.55. The maximum Gasteiger partial charge on any atom is 0.264 e. The van der Waals surface area contributed by atoms with Gasteiger partial charge in [0.2, 0.25) is 0 Å². The highest BCUT2D eigenvalue weighted by atomic mass is 32.2. The van der Waals surface area contributed by atoms with Gasteiger partial charge in [0.25, 0.3) is 5.91 Å². The third kappa shape index (κ3) is 5.69. The number of nitrogens with zero attached hydrogens (tertiary/aromatic N) is 1. The van der Waals surface area contributed by atoms with Gasteiger partial charge in [-0.1, -0.05) is 61.9 Å². The molecule has 1 N–H and O–H groups in total. The molecule has 4 heteroatoms. The Morgan fingerprint density at radius 1 is 1.11 bits per heavy atom. The van der Waals surface area contributed by atoms with Crippen LogP contribution in [-0.2, 0) is 11.2 Å². The van der Waals surface area contributed by atoms with Crippen LogP contribution in [0.2, 0.25) is 0 Å². The molecule has 1 saturated heterocycles. The lowest BCUT2D eigenvalue weighted by molar-refractivity contribution is -0.115. The van der Waals surface area contributed by atoms with Gasteiger partial charge < -0.3 is 5.32 Å². The molecule has 3 rings (SSSR count). The molecule has 1 fully saturated rings. The molecule has 2 aromatic rings. The zero-order chi connectivity index (χ0) is 19.1. The Morgan fingerprint density at radius 2 is 1.85 bits per heavy atom. The van der Waals surface area contributed by atoms with Crippen molar-refractivity contribution in [3.63, 3.8) is 0 Å². The van der Waals surface area contributed by atoms with Crippen LogP contribution < -0.4 is 5.32 Å². The van der Waals surface area contributed by atoms with Gasteiger partial charge in [0.1, 0.15) is 0 Å². The maximum absolute atomic E-state index is 12.2. The van der Waals surface area contributed by atoms with Gasteiger partial charge in [-0.05, 0) is 66.4 Å². The summed E-state index contributed by atoms with van der Waals surface area (Å²) >= 11 is 1.38. The molecule has 1 aliphatic rings. The second-order valence-corrected chi connectivity index (χ2v) is 7.58. The van der Waals surface area contributed by atoms with Crippen LogP contribution in [0.25, 0.3) is 6.08 Å². The molecule has 0 spiro atoms. The van der Waals surface area contributed by atoms with Gasteiger partial charge in [-0.3, -0.25) is 4.79 Å². The first-order valence-corrected chi connectivity index (χ1v) is 10.1. The van der Waals surface area contributed by atoms with E-state index >= 15 is 0 Å². The number of hydrogen-bond donors (Lipinski definition) is 1. The van der Waals surface area contributed by atoms with Crippen molar-refractivity contribution < 1.29 is 4.79 Å². The second kappa shape index (κ2) is 9.38. The quantitative estimate of drug-likeness (QED) is 0.641. The van der Waals surface area contributed by atoms with E-state index in [1.165, 1.54) is 30.2 Å². The molecule has 1 amide bonds. The lowest BCUT2D eigenvalue weighted by Crippen LogP contribution is -2.19. The van der Waals surface area contributed by atoms with E-state index in [2.05, 4.69) is 35.4 Å². The van der Waals surface area contributed by atoms with Crippen LogP contribution in [0.4, 0.5) is 5.69 Å². The fourth-order valence-corrected chi connectivity index (χ4v) is 3.67. The van der Waals surface area contributed by atoms with Gasteiger partial charge in [-0.2, -0.15) is 0 Å². The highest BCUT2D eigenvalue weighted by Crippen LogP contribution is 2.27. The number of benzene rings is 2. The fourth-order valence-electron chi connectivity index (χ4n) is 2.78. The zero-order valence-corrected chi connectivity index (χ0v) is 16.6. The summed E-state index contributed by atoms with van der Waals surface area (Å²) in [5, 5.41) is 3.47. The number of amidine groups is 1. The van der Waals surface area contributed by atoms with Crippen LogP contribution in [0.15, 0.2) is 76.1 Å². The number of allylic oxidation sites excluding steroid dienone is 2. The molecule has 2 aromatic carbocycles. The molecular formula is C23H24N2OS. The molecule has 0 radical (unpaired) electrons. The lowest BCUT2D eigenvalue weighted by atomic mass is 10.1. The number of aliphatic imine (C=N–C) groups is 1. The Morgan fingerprint density at radius 3 is 2.56 bits per heavy atom. The molecule has 27 heavy (non-hydrogen) atoms. The van der Waals surface area contributed by atoms with Crippen molar-refractivity contribution >= 4 is 34.6 Å². The largest absolute Gasteiger partial charge is 0.300 e. The van der Waals surface area contributed by atoms with Crippen LogP contribution in [0.3, 0.4) is 0 Å². The highest BCUT2D eigenvalue weighted by Gasteiger charge is 2.23. The van der Waals surface area contributed by atoms with E-state index in [1.807, 2.05) is 55.5 Å². The van der Waals surface area contributed by atoms with Gasteiger partial charge >= 0.3 is 0 Å². The molecule has 0 saturated carbocycles. The first-order chi connectivity index (χ1) is 13.1. The zero-order valence-electron chi connectivity index (χ0n) is 15.7. The van der Waals surface area contributed by atoms with Crippen molar-refractivity contribution in [1.29, 1.82) is 0 Å². The first-order valence-electron chi connectivity index (χ1n) is 9.26. The third-order valence-corrected chi connectivity index (χ3v) is 5.10. The van der Waals surface area contributed by atoms with Crippen molar-refractivity contribution in [2.75, 3.05) is 0 Å². The standard InChI is InChI=1S/C23H24N2OS/c1-3-4-8-18-11-13-20(14-12-18)24-23-25-22(26)21(27-23)16-17(2)15-19-9-6-5-7-10-19/h5-7,9-16H,3-4,8H2,1-2H3,(H,24,25,26)/b17-15+,21-16-. The molecule has 1 aliphatic heterocycles. The van der Waals surface area contributed by atoms with Crippen LogP contribution in [-0.4, -0.2) is 11.1 Å². The summed E-state index contributed by atoms with van der Waals surface area (Å²) in [5.74, 6) is -0.0980. The molecule has 0 aromatic heterocycles. The van der Waals surface area contributed by atoms with Gasteiger partial charge in [-0.15, -0.1) is 0 Å². The Labute approximate surface area is 165 Å². The van der Waals surface area contributed by atoms with Crippen molar-refractivity contribution in [2.45, 2.75) is 33.1 Å². The summed E-state index contributed by atoms with van der Waals surface area (Å²) in [6.45, 7) is 4.19. The number of nitrogens with one attached hydrogen (secondary N) is 1. The monoisotopic (exact) mass is 376 g/mol. The predicted octanol–water partition coefficient (Wildman–Crippen LogP) is 5.87. The molecule has 0 bridgehead atoms. The van der Waals surface area contributed by atoms with Crippen molar-refractivity contribution in [1.82, 2.24) is 5.32 Å². The summed E-state index contributed by atoms with van der Waals surface area (Å²) in [6.07, 6.45) is 7.46. The number of carbonyl (C=O) groups excluding carboxylic acids is 1. The summed E-state index contributed by atoms with van der Waals surface area (Å²) in [5.41, 5.74) is 4.33. The van der Waals surface area contributed by atoms with Crippen molar-refractivity contribution in [2.24, 2.45) is 4.99 Å². The number of rotatable bonds is 6. The van der Waals surface area contributed by atoms with E-state index in [-0.39, 0.29) is 5.91 Å². The topological polar surface area (TPSA) is 41.5 Å². The number of amides is 1. The summed E-state index contributed by atoms with van der Waals surface area (Å²) in [4.78, 5) is 17.5. The molecule has 1 heterocycles. The number of hydrogen-bond acceptors (Lipinski definition) is 3. The molecule has 0 atom stereocenters. The minimum absolute atomic E-state index is 0.0980. The molecule has 3 nitrogen and oxygen atoms in total. The summed E-state index contributed by atoms with van der Waals surface area (Å²) < 4.78 is 0. The van der Waals surface area contributed by atoms with Crippen LogP contribution in [0.1, 0.15) is 37.8 Å². The minimum Gasteiger partial charge on any atom is -0.300 e. The molecular weight excluding hydrogens is 352 g/mol. The SMILES string of the molecule is CCCCc1ccc(N=C2NC(=O)/C(=C/C(C)=C/c3ccccc3)S2)cc1. The first kappa shape index (κ1) is 19.2. The van der Waals surface area contributed by atoms with E-state index in [0.717, 1.165) is 23.2 Å². The van der Waals surface area contributed by atoms with E-state index < -0.39 is 0 Å². The number of unbranched alkanes of at least 4 members (excludes halogenated alkanes) is 1. The Kier molecular flexibility index (Phi) is 6.66. The molecule has 0 unspecified atom stereocenters. The van der Waals surface area contributed by atoms with Gasteiger partial charge in [0.15, 0.2) is 5.17 Å². The van der Waals surface area contributed by atoms with Crippen LogP contribution in [0.5, 0.6) is 0 Å². The van der Waals surface area contributed by atoms with E-state index in [1.54, 1.807) is 0 Å². The van der Waals surface area contributed by atoms with E-state index in [4.69, 9.17) is 0 Å². The van der Waals surface area contributed by atoms with Gasteiger partial charge in [-0.25, -0.2) is 4.99 Å². The summed E-state index contributed by atoms with van der Waals surface area (Å²) in [7, 11) is 0. The number of aryl methyl sites for hydroxylation is 1. The smallest absolute Gasteiger partial charge is 0.264 e. The number of thioether (sulfide) groups is 1. The molecule has 138 valence electrons. The minimum atomic E-state index is -0.0980. The molecule has 0 aliphatic carbocycles. The highest BCUT2D eigenvalue weighted by molar-refractivity contribution is 8.18. The third-order valence-electron chi connectivity index (χ3n) is 4.19. The van der Waals surface area contributed by atoms with E-state index in [9.17, 15) is 4.79 Å². The average Bonchev–Trinajstić information content (AvgIpc) is 3.00. The van der Waals surface area contributed by atoms with E-state index in [0.29, 0.717) is 10.1 Å². The van der Waals surface area contributed by atoms with Crippen LogP contribution >= 0.6 is 11.8 Å². The predicted molar refractivity (Wildman–Crippen MR) is 116 cm³/mol. The van der Waals surface area contributed by atoms with Gasteiger partial charge in [0.05, 0.1) is 10.6 Å². The summed E-state index contributed by atoms with van der Waals surface area (Å²) in [6, 6.07) is 18.3. The maximum atomic E-state index is 12.2. The Balaban J connectivity index is 1.69. The Bertz CT molecular complexity index is 880. The van der Waals surface area contributed by atoms with Gasteiger partial charge in [0, 0.05) is 0 Å². The average molecular weight is 377 g/mol. The van der Waals surface area contributed by atoms with Crippen LogP contribution in [0, 0.1) is 0 Å². The van der Waals surface area contributed by atoms with Crippen molar-refractivity contribution in [3.8, 4) is 0 Å². The Hall–Kier alpha value is -2.59. The normalized spacial score (nSPS) is 17.6. The van der Waals surface area contributed by atoms with Crippen molar-refractivity contribution in [3.05, 3.63) is 82.3 Å². The number of carbonyl (C=O) groups is 1. The lowest BCUT2D eigenvalue weighted by Gasteiger charge is -2.01. The fraction of sp³-hybridized carbons (Fsp3) is 0.217.